The molecule has 0 rings (SSSR count). The monoisotopic (exact) mass is 340 g/mol. The van der Waals surface area contributed by atoms with E-state index in [1.165, 1.54) is 0 Å². The van der Waals surface area contributed by atoms with E-state index in [1.54, 1.807) is 0 Å². The van der Waals surface area contributed by atoms with Gasteiger partial charge in [-0.2, -0.15) is 0 Å². The SMILES string of the molecule is C[Si](C)(C)O[Si](C)(C)[CH2][Ge]([Cl])([Cl])[Cl]. The molecule has 0 aromatic heterocycles. The first-order valence-corrected chi connectivity index (χ1v) is 20.5. The van der Waals surface area contributed by atoms with Crippen LogP contribution in [0.3, 0.4) is 0 Å². The Balaban J connectivity index is 4.25. The molecule has 0 unspecified atom stereocenters. The summed E-state index contributed by atoms with van der Waals surface area (Å²) in [5, 5.41) is 0. The quantitative estimate of drug-likeness (QED) is 0.696. The van der Waals surface area contributed by atoms with E-state index < -0.39 is 27.1 Å². The van der Waals surface area contributed by atoms with E-state index in [2.05, 4.69) is 32.7 Å². The molecule has 0 heterocycles. The summed E-state index contributed by atoms with van der Waals surface area (Å²) in [7, 11) is 11.6. The van der Waals surface area contributed by atoms with Crippen LogP contribution in [0.15, 0.2) is 0 Å². The van der Waals surface area contributed by atoms with Gasteiger partial charge in [-0.1, -0.05) is 0 Å². The fraction of sp³-hybridized carbons (Fsp3) is 1.00. The average Bonchev–Trinajstić information content (AvgIpc) is 1.43. The van der Waals surface area contributed by atoms with E-state index in [0.717, 1.165) is 4.88 Å². The number of hydrogen-bond acceptors (Lipinski definition) is 1. The molecule has 0 saturated carbocycles. The zero-order valence-corrected chi connectivity index (χ0v) is 15.1. The minimum atomic E-state index is -2.99. The third-order valence-corrected chi connectivity index (χ3v) is 21.3. The van der Waals surface area contributed by atoms with Gasteiger partial charge in [0.1, 0.15) is 0 Å². The van der Waals surface area contributed by atoms with Crippen LogP contribution in [-0.4, -0.2) is 27.1 Å². The molecule has 0 saturated heterocycles. The van der Waals surface area contributed by atoms with Gasteiger partial charge in [0.2, 0.25) is 0 Å². The summed E-state index contributed by atoms with van der Waals surface area (Å²) >= 11 is 0. The van der Waals surface area contributed by atoms with Crippen molar-refractivity contribution >= 4 is 57.1 Å². The summed E-state index contributed by atoms with van der Waals surface area (Å²) < 4.78 is 6.07. The Morgan fingerprint density at radius 1 is 1.00 bits per heavy atom. The van der Waals surface area contributed by atoms with Crippen molar-refractivity contribution in [2.75, 3.05) is 0 Å². The van der Waals surface area contributed by atoms with E-state index in [0.29, 0.717) is 0 Å². The molecule has 80 valence electrons. The Morgan fingerprint density at radius 2 is 1.38 bits per heavy atom. The zero-order valence-electron chi connectivity index (χ0n) is 8.75. The van der Waals surface area contributed by atoms with Gasteiger partial charge in [-0.05, 0) is 0 Å². The average molecular weight is 340 g/mol. The summed E-state index contributed by atoms with van der Waals surface area (Å²) in [6.07, 6.45) is 0. The maximum atomic E-state index is 6.07. The van der Waals surface area contributed by atoms with E-state index in [9.17, 15) is 0 Å². The molecular weight excluding hydrogens is 323 g/mol. The Bertz CT molecular complexity index is 158. The fourth-order valence-corrected chi connectivity index (χ4v) is 31.7. The van der Waals surface area contributed by atoms with Crippen LogP contribution in [0.25, 0.3) is 0 Å². The normalized spacial score (nSPS) is 14.8. The maximum absolute atomic E-state index is 6.07. The van der Waals surface area contributed by atoms with Crippen molar-refractivity contribution in [2.45, 2.75) is 37.6 Å². The molecule has 0 bridgehead atoms. The summed E-state index contributed by atoms with van der Waals surface area (Å²) in [6, 6.07) is 0. The first-order valence-electron chi connectivity index (χ1n) is 4.18. The Kier molecular flexibility index (Phi) is 5.42. The molecule has 7 heteroatoms. The van der Waals surface area contributed by atoms with Crippen LogP contribution in [0.4, 0.5) is 0 Å². The summed E-state index contributed by atoms with van der Waals surface area (Å²) in [6.45, 7) is 10.8. The summed E-state index contributed by atoms with van der Waals surface area (Å²) in [5.74, 6) is 0. The van der Waals surface area contributed by atoms with Crippen LogP contribution in [0.5, 0.6) is 0 Å². The third kappa shape index (κ3) is 10.1. The molecule has 0 fully saturated rings. The second kappa shape index (κ2) is 4.76. The molecule has 0 atom stereocenters. The van der Waals surface area contributed by atoms with Crippen LogP contribution in [0.1, 0.15) is 0 Å². The second-order valence-corrected chi connectivity index (χ2v) is 31.6. The van der Waals surface area contributed by atoms with E-state index in [4.69, 9.17) is 34.1 Å². The van der Waals surface area contributed by atoms with Crippen molar-refractivity contribution in [3.05, 3.63) is 0 Å². The first-order chi connectivity index (χ1) is 5.41. The van der Waals surface area contributed by atoms with Crippen LogP contribution >= 0.6 is 30.0 Å². The zero-order chi connectivity index (χ0) is 10.9. The number of hydrogen-bond donors (Lipinski definition) is 0. The van der Waals surface area contributed by atoms with Gasteiger partial charge in [0.15, 0.2) is 0 Å². The molecule has 0 N–H and O–H groups in total. The van der Waals surface area contributed by atoms with Crippen LogP contribution in [-0.2, 0) is 4.12 Å². The van der Waals surface area contributed by atoms with Gasteiger partial charge in [0.25, 0.3) is 0 Å². The molecular formula is C6H17Cl3GeOSi2. The van der Waals surface area contributed by atoms with Crippen molar-refractivity contribution in [3.63, 3.8) is 0 Å². The fourth-order valence-electron chi connectivity index (χ4n) is 1.35. The third-order valence-electron chi connectivity index (χ3n) is 1.21. The minimum absolute atomic E-state index is 0.738. The molecule has 1 nitrogen and oxygen atoms in total. The van der Waals surface area contributed by atoms with Crippen LogP contribution in [0, 0.1) is 0 Å². The number of rotatable bonds is 4. The van der Waals surface area contributed by atoms with Crippen molar-refractivity contribution in [3.8, 4) is 0 Å². The summed E-state index contributed by atoms with van der Waals surface area (Å²) in [4.78, 5) is 0.738. The standard InChI is InChI=1S/C6H17Cl3GeOSi2/c1-12(2,3)11-13(4,5)6-10(7,8)9/h6H2,1-5H3. The van der Waals surface area contributed by atoms with Gasteiger partial charge >= 0.3 is 98.9 Å². The first kappa shape index (κ1) is 14.8. The van der Waals surface area contributed by atoms with E-state index in [-0.39, 0.29) is 0 Å². The summed E-state index contributed by atoms with van der Waals surface area (Å²) in [5.41, 5.74) is 0. The molecule has 0 aromatic carbocycles. The second-order valence-electron chi connectivity index (χ2n) is 4.77. The molecule has 0 spiro atoms. The van der Waals surface area contributed by atoms with Crippen molar-refractivity contribution < 1.29 is 4.12 Å². The molecule has 0 aliphatic rings. The predicted molar refractivity (Wildman–Crippen MR) is 70.0 cm³/mol. The van der Waals surface area contributed by atoms with Crippen molar-refractivity contribution in [1.29, 1.82) is 0 Å². The predicted octanol–water partition coefficient (Wildman–Crippen LogP) is 4.24. The van der Waals surface area contributed by atoms with E-state index >= 15 is 0 Å². The van der Waals surface area contributed by atoms with Crippen molar-refractivity contribution in [1.82, 2.24) is 0 Å². The van der Waals surface area contributed by atoms with E-state index in [1.807, 2.05) is 0 Å². The van der Waals surface area contributed by atoms with Crippen LogP contribution in [0.2, 0.25) is 37.6 Å². The van der Waals surface area contributed by atoms with Gasteiger partial charge in [0, 0.05) is 0 Å². The Labute approximate surface area is 98.3 Å². The van der Waals surface area contributed by atoms with Gasteiger partial charge in [-0.3, -0.25) is 0 Å². The molecule has 0 amide bonds. The number of halogens is 3. The van der Waals surface area contributed by atoms with Gasteiger partial charge in [-0.15, -0.1) is 0 Å². The molecule has 0 radical (unpaired) electrons. The molecule has 0 aliphatic carbocycles. The Morgan fingerprint density at radius 3 is 1.62 bits per heavy atom. The van der Waals surface area contributed by atoms with Crippen molar-refractivity contribution in [2.24, 2.45) is 0 Å². The topological polar surface area (TPSA) is 9.23 Å². The van der Waals surface area contributed by atoms with Gasteiger partial charge < -0.3 is 0 Å². The van der Waals surface area contributed by atoms with Crippen LogP contribution < -0.4 is 0 Å². The molecule has 0 aromatic rings. The van der Waals surface area contributed by atoms with Gasteiger partial charge in [-0.25, -0.2) is 0 Å². The van der Waals surface area contributed by atoms with Gasteiger partial charge in [0.05, 0.1) is 0 Å². The Hall–Kier alpha value is 1.81. The molecule has 0 aliphatic heterocycles. The molecule has 13 heavy (non-hydrogen) atoms.